The second-order valence-electron chi connectivity index (χ2n) is 5.93. The zero-order valence-corrected chi connectivity index (χ0v) is 14.0. The van der Waals surface area contributed by atoms with Crippen molar-refractivity contribution in [3.05, 3.63) is 29.8 Å². The number of amides is 1. The lowest BCUT2D eigenvalue weighted by Crippen LogP contribution is -2.50. The normalized spacial score (nSPS) is 22.3. The molecule has 1 fully saturated rings. The van der Waals surface area contributed by atoms with Crippen LogP contribution in [0.1, 0.15) is 23.7 Å². The van der Waals surface area contributed by atoms with Crippen LogP contribution in [0.5, 0.6) is 0 Å². The lowest BCUT2D eigenvalue weighted by molar-refractivity contribution is 0.0827. The molecule has 0 saturated carbocycles. The molecule has 1 aromatic rings. The maximum atomic E-state index is 12.5. The van der Waals surface area contributed by atoms with Crippen molar-refractivity contribution < 1.29 is 13.2 Å². The van der Waals surface area contributed by atoms with Gasteiger partial charge >= 0.3 is 0 Å². The van der Waals surface area contributed by atoms with Gasteiger partial charge in [0, 0.05) is 32.2 Å². The predicted molar refractivity (Wildman–Crippen MR) is 85.2 cm³/mol. The largest absolute Gasteiger partial charge is 0.345 e. The number of hydrogen-bond acceptors (Lipinski definition) is 4. The molecule has 1 amide bonds. The lowest BCUT2D eigenvalue weighted by atomic mass is 9.96. The topological polar surface area (TPSA) is 78.5 Å². The second-order valence-corrected chi connectivity index (χ2v) is 7.64. The molecule has 0 radical (unpaired) electrons. The fourth-order valence-electron chi connectivity index (χ4n) is 2.47. The van der Waals surface area contributed by atoms with Crippen molar-refractivity contribution in [1.82, 2.24) is 14.9 Å². The maximum absolute atomic E-state index is 12.5. The highest BCUT2D eigenvalue weighted by Crippen LogP contribution is 2.17. The van der Waals surface area contributed by atoms with Crippen molar-refractivity contribution in [1.29, 1.82) is 0 Å². The number of nitrogens with one attached hydrogen (secondary N) is 2. The smallest absolute Gasteiger partial charge is 0.253 e. The minimum Gasteiger partial charge on any atom is -0.345 e. The van der Waals surface area contributed by atoms with Gasteiger partial charge in [0.05, 0.1) is 4.90 Å². The van der Waals surface area contributed by atoms with Crippen LogP contribution in [0, 0.1) is 5.92 Å². The van der Waals surface area contributed by atoms with Gasteiger partial charge in [-0.05, 0) is 37.1 Å². The molecule has 2 rings (SSSR count). The fraction of sp³-hybridized carbons (Fsp3) is 0.533. The SMILES string of the molecule is CC1CCNCC1NS(=O)(=O)c1cccc(C(=O)N(C)C)c1. The van der Waals surface area contributed by atoms with Gasteiger partial charge in [0.2, 0.25) is 10.0 Å². The Morgan fingerprint density at radius 2 is 2.09 bits per heavy atom. The van der Waals surface area contributed by atoms with Gasteiger partial charge < -0.3 is 10.2 Å². The third-order valence-corrected chi connectivity index (χ3v) is 5.42. The molecule has 1 aliphatic heterocycles. The van der Waals surface area contributed by atoms with Gasteiger partial charge in [0.1, 0.15) is 0 Å². The van der Waals surface area contributed by atoms with E-state index in [0.717, 1.165) is 13.0 Å². The molecule has 1 aliphatic rings. The van der Waals surface area contributed by atoms with Gasteiger partial charge in [-0.1, -0.05) is 13.0 Å². The summed E-state index contributed by atoms with van der Waals surface area (Å²) in [6, 6.07) is 6.01. The predicted octanol–water partition coefficient (Wildman–Crippen LogP) is 0.665. The summed E-state index contributed by atoms with van der Waals surface area (Å²) in [5.74, 6) is 0.0624. The first-order valence-corrected chi connectivity index (χ1v) is 8.84. The molecule has 122 valence electrons. The molecule has 1 aromatic carbocycles. The number of nitrogens with zero attached hydrogens (tertiary/aromatic N) is 1. The third kappa shape index (κ3) is 3.85. The zero-order chi connectivity index (χ0) is 16.3. The summed E-state index contributed by atoms with van der Waals surface area (Å²) in [6.07, 6.45) is 0.937. The van der Waals surface area contributed by atoms with E-state index in [9.17, 15) is 13.2 Å². The molecule has 22 heavy (non-hydrogen) atoms. The average molecular weight is 325 g/mol. The van der Waals surface area contributed by atoms with E-state index in [2.05, 4.69) is 10.0 Å². The molecule has 0 bridgehead atoms. The molecule has 0 spiro atoms. The van der Waals surface area contributed by atoms with Crippen molar-refractivity contribution in [2.24, 2.45) is 5.92 Å². The monoisotopic (exact) mass is 325 g/mol. The first-order chi connectivity index (χ1) is 10.3. The Bertz CT molecular complexity index is 643. The Hall–Kier alpha value is -1.44. The highest BCUT2D eigenvalue weighted by Gasteiger charge is 2.27. The zero-order valence-electron chi connectivity index (χ0n) is 13.2. The van der Waals surface area contributed by atoms with E-state index < -0.39 is 10.0 Å². The summed E-state index contributed by atoms with van der Waals surface area (Å²) in [5.41, 5.74) is 0.364. The summed E-state index contributed by atoms with van der Waals surface area (Å²) in [6.45, 7) is 3.57. The summed E-state index contributed by atoms with van der Waals surface area (Å²) < 4.78 is 27.8. The quantitative estimate of drug-likeness (QED) is 0.853. The lowest BCUT2D eigenvalue weighted by Gasteiger charge is -2.30. The summed E-state index contributed by atoms with van der Waals surface area (Å²) in [5, 5.41) is 3.20. The van der Waals surface area contributed by atoms with Gasteiger partial charge in [-0.25, -0.2) is 13.1 Å². The standard InChI is InChI=1S/C15H23N3O3S/c1-11-7-8-16-10-14(11)17-22(20,21)13-6-4-5-12(9-13)15(19)18(2)3/h4-6,9,11,14,16-17H,7-8,10H2,1-3H3. The van der Waals surface area contributed by atoms with E-state index in [4.69, 9.17) is 0 Å². The van der Waals surface area contributed by atoms with Gasteiger partial charge in [-0.15, -0.1) is 0 Å². The van der Waals surface area contributed by atoms with E-state index in [1.54, 1.807) is 26.2 Å². The van der Waals surface area contributed by atoms with Gasteiger partial charge in [-0.2, -0.15) is 0 Å². The average Bonchev–Trinajstić information content (AvgIpc) is 2.48. The summed E-state index contributed by atoms with van der Waals surface area (Å²) in [7, 11) is -0.363. The Morgan fingerprint density at radius 1 is 1.36 bits per heavy atom. The van der Waals surface area contributed by atoms with Gasteiger partial charge in [0.15, 0.2) is 0 Å². The molecule has 7 heteroatoms. The van der Waals surface area contributed by atoms with Crippen molar-refractivity contribution in [2.45, 2.75) is 24.3 Å². The highest BCUT2D eigenvalue weighted by atomic mass is 32.2. The molecule has 2 N–H and O–H groups in total. The number of piperidine rings is 1. The Balaban J connectivity index is 2.22. The molecule has 2 atom stereocenters. The third-order valence-electron chi connectivity index (χ3n) is 3.93. The van der Waals surface area contributed by atoms with Crippen molar-refractivity contribution in [2.75, 3.05) is 27.2 Å². The van der Waals surface area contributed by atoms with Crippen LogP contribution < -0.4 is 10.0 Å². The second kappa shape index (κ2) is 6.76. The molecular formula is C15H23N3O3S. The Kier molecular flexibility index (Phi) is 5.20. The fourth-order valence-corrected chi connectivity index (χ4v) is 3.86. The number of sulfonamides is 1. The van der Waals surface area contributed by atoms with E-state index in [0.29, 0.717) is 12.1 Å². The van der Waals surface area contributed by atoms with E-state index in [-0.39, 0.29) is 22.8 Å². The van der Waals surface area contributed by atoms with Crippen LogP contribution >= 0.6 is 0 Å². The summed E-state index contributed by atoms with van der Waals surface area (Å²) in [4.78, 5) is 13.5. The number of rotatable bonds is 4. The first kappa shape index (κ1) is 16.9. The maximum Gasteiger partial charge on any atom is 0.253 e. The van der Waals surface area contributed by atoms with Crippen LogP contribution in [0.4, 0.5) is 0 Å². The van der Waals surface area contributed by atoms with Crippen molar-refractivity contribution in [3.8, 4) is 0 Å². The molecule has 1 saturated heterocycles. The van der Waals surface area contributed by atoms with Crippen LogP contribution in [-0.2, 0) is 10.0 Å². The molecular weight excluding hydrogens is 302 g/mol. The minimum absolute atomic E-state index is 0.123. The number of benzene rings is 1. The van der Waals surface area contributed by atoms with Crippen LogP contribution in [0.2, 0.25) is 0 Å². The number of hydrogen-bond donors (Lipinski definition) is 2. The van der Waals surface area contributed by atoms with Gasteiger partial charge in [-0.3, -0.25) is 4.79 Å². The first-order valence-electron chi connectivity index (χ1n) is 7.36. The van der Waals surface area contributed by atoms with Crippen molar-refractivity contribution >= 4 is 15.9 Å². The highest BCUT2D eigenvalue weighted by molar-refractivity contribution is 7.89. The molecule has 1 heterocycles. The summed E-state index contributed by atoms with van der Waals surface area (Å²) >= 11 is 0. The van der Waals surface area contributed by atoms with E-state index in [1.807, 2.05) is 6.92 Å². The van der Waals surface area contributed by atoms with E-state index >= 15 is 0 Å². The van der Waals surface area contributed by atoms with Crippen LogP contribution in [-0.4, -0.2) is 52.5 Å². The molecule has 2 unspecified atom stereocenters. The van der Waals surface area contributed by atoms with Crippen molar-refractivity contribution in [3.63, 3.8) is 0 Å². The minimum atomic E-state index is -3.64. The number of carbonyl (C=O) groups excluding carboxylic acids is 1. The number of carbonyl (C=O) groups is 1. The molecule has 6 nitrogen and oxygen atoms in total. The van der Waals surface area contributed by atoms with Crippen LogP contribution in [0.3, 0.4) is 0 Å². The Morgan fingerprint density at radius 3 is 2.73 bits per heavy atom. The van der Waals surface area contributed by atoms with E-state index in [1.165, 1.54) is 17.0 Å². The molecule has 0 aromatic heterocycles. The van der Waals surface area contributed by atoms with Crippen LogP contribution in [0.15, 0.2) is 29.2 Å². The molecule has 0 aliphatic carbocycles. The Labute approximate surface area is 131 Å². The van der Waals surface area contributed by atoms with Gasteiger partial charge in [0.25, 0.3) is 5.91 Å². The van der Waals surface area contributed by atoms with Crippen LogP contribution in [0.25, 0.3) is 0 Å².